The van der Waals surface area contributed by atoms with E-state index < -0.39 is 5.97 Å². The Morgan fingerprint density at radius 1 is 1.47 bits per heavy atom. The van der Waals surface area contributed by atoms with Crippen molar-refractivity contribution in [2.45, 2.75) is 6.92 Å². The molecule has 0 saturated heterocycles. The van der Waals surface area contributed by atoms with Crippen LogP contribution in [0.15, 0.2) is 30.6 Å². The first-order chi connectivity index (χ1) is 7.18. The van der Waals surface area contributed by atoms with Gasteiger partial charge in [0.1, 0.15) is 6.33 Å². The molecule has 5 heteroatoms. The van der Waals surface area contributed by atoms with Gasteiger partial charge in [0.05, 0.1) is 0 Å². The minimum Gasteiger partial charge on any atom is -0.475 e. The third kappa shape index (κ3) is 1.71. The van der Waals surface area contributed by atoms with Gasteiger partial charge in [0, 0.05) is 5.69 Å². The fraction of sp³-hybridized carbons (Fsp3) is 0.100. The fourth-order valence-electron chi connectivity index (χ4n) is 1.35. The van der Waals surface area contributed by atoms with Crippen LogP contribution in [0.25, 0.3) is 5.69 Å². The predicted octanol–water partition coefficient (Wildman–Crippen LogP) is 1.27. The summed E-state index contributed by atoms with van der Waals surface area (Å²) in [6.45, 7) is 1.94. The van der Waals surface area contributed by atoms with Gasteiger partial charge < -0.3 is 5.11 Å². The molecular formula is C10H9N3O2. The molecular weight excluding hydrogens is 194 g/mol. The molecule has 0 bridgehead atoms. The van der Waals surface area contributed by atoms with Gasteiger partial charge in [0.25, 0.3) is 0 Å². The van der Waals surface area contributed by atoms with Crippen LogP contribution >= 0.6 is 0 Å². The highest BCUT2D eigenvalue weighted by Crippen LogP contribution is 2.11. The van der Waals surface area contributed by atoms with E-state index in [2.05, 4.69) is 10.2 Å². The molecule has 2 rings (SSSR count). The number of hydrogen-bond acceptors (Lipinski definition) is 3. The lowest BCUT2D eigenvalue weighted by Gasteiger charge is -2.03. The molecule has 1 heterocycles. The van der Waals surface area contributed by atoms with Gasteiger partial charge >= 0.3 is 5.97 Å². The smallest absolute Gasteiger partial charge is 0.374 e. The third-order valence-electron chi connectivity index (χ3n) is 2.02. The lowest BCUT2D eigenvalue weighted by Crippen LogP contribution is -2.07. The molecule has 0 unspecified atom stereocenters. The van der Waals surface area contributed by atoms with E-state index in [4.69, 9.17) is 5.11 Å². The molecule has 1 N–H and O–H groups in total. The molecule has 0 saturated carbocycles. The predicted molar refractivity (Wildman–Crippen MR) is 53.1 cm³/mol. The molecule has 1 aromatic heterocycles. The Kier molecular flexibility index (Phi) is 2.21. The number of carbonyl (C=O) groups is 1. The fourth-order valence-corrected chi connectivity index (χ4v) is 1.35. The Hall–Kier alpha value is -2.17. The molecule has 0 amide bonds. The van der Waals surface area contributed by atoms with Crippen LogP contribution in [-0.2, 0) is 0 Å². The summed E-state index contributed by atoms with van der Waals surface area (Å²) in [5, 5.41) is 16.0. The summed E-state index contributed by atoms with van der Waals surface area (Å²) in [4.78, 5) is 10.8. The average Bonchev–Trinajstić information content (AvgIpc) is 2.65. The second kappa shape index (κ2) is 3.53. The first-order valence-electron chi connectivity index (χ1n) is 4.39. The average molecular weight is 203 g/mol. The second-order valence-electron chi connectivity index (χ2n) is 3.17. The summed E-state index contributed by atoms with van der Waals surface area (Å²) in [6.07, 6.45) is 1.39. The maximum atomic E-state index is 10.8. The van der Waals surface area contributed by atoms with Crippen molar-refractivity contribution in [3.63, 3.8) is 0 Å². The number of carboxylic acids is 1. The van der Waals surface area contributed by atoms with Gasteiger partial charge in [0.15, 0.2) is 0 Å². The standard InChI is InChI=1S/C10H9N3O2/c1-7-3-2-4-8(5-7)13-6-11-12-9(13)10(14)15/h2-6H,1H3,(H,14,15). The van der Waals surface area contributed by atoms with Crippen LogP contribution in [0.1, 0.15) is 16.2 Å². The molecule has 0 aliphatic rings. The molecule has 0 atom stereocenters. The molecule has 1 aromatic carbocycles. The molecule has 76 valence electrons. The first kappa shape index (κ1) is 9.39. The van der Waals surface area contributed by atoms with Crippen LogP contribution in [0.4, 0.5) is 0 Å². The van der Waals surface area contributed by atoms with Crippen LogP contribution in [0.2, 0.25) is 0 Å². The Morgan fingerprint density at radius 2 is 2.27 bits per heavy atom. The number of aromatic nitrogens is 3. The maximum Gasteiger partial charge on any atom is 0.374 e. The number of aryl methyl sites for hydroxylation is 1. The topological polar surface area (TPSA) is 68.0 Å². The van der Waals surface area contributed by atoms with Crippen molar-refractivity contribution in [2.24, 2.45) is 0 Å². The quantitative estimate of drug-likeness (QED) is 0.798. The summed E-state index contributed by atoms with van der Waals surface area (Å²) in [5.74, 6) is -1.17. The van der Waals surface area contributed by atoms with Gasteiger partial charge in [-0.2, -0.15) is 0 Å². The van der Waals surface area contributed by atoms with Crippen molar-refractivity contribution < 1.29 is 9.90 Å². The number of nitrogens with zero attached hydrogens (tertiary/aromatic N) is 3. The van der Waals surface area contributed by atoms with E-state index in [1.807, 2.05) is 31.2 Å². The summed E-state index contributed by atoms with van der Waals surface area (Å²) >= 11 is 0. The molecule has 2 aromatic rings. The van der Waals surface area contributed by atoms with E-state index in [0.717, 1.165) is 11.3 Å². The summed E-state index contributed by atoms with van der Waals surface area (Å²) < 4.78 is 1.44. The third-order valence-corrected chi connectivity index (χ3v) is 2.02. The van der Waals surface area contributed by atoms with Crippen molar-refractivity contribution in [2.75, 3.05) is 0 Å². The number of carboxylic acid groups (broad SMARTS) is 1. The minimum absolute atomic E-state index is 0.0828. The van der Waals surface area contributed by atoms with Crippen LogP contribution in [-0.4, -0.2) is 25.8 Å². The highest BCUT2D eigenvalue weighted by atomic mass is 16.4. The van der Waals surface area contributed by atoms with Crippen LogP contribution in [0.5, 0.6) is 0 Å². The zero-order valence-electron chi connectivity index (χ0n) is 8.08. The zero-order valence-corrected chi connectivity index (χ0v) is 8.08. The van der Waals surface area contributed by atoms with Gasteiger partial charge in [-0.1, -0.05) is 12.1 Å². The van der Waals surface area contributed by atoms with Gasteiger partial charge in [-0.25, -0.2) is 4.79 Å². The Labute approximate surface area is 86.0 Å². The summed E-state index contributed by atoms with van der Waals surface area (Å²) in [7, 11) is 0. The Bertz CT molecular complexity index is 505. The monoisotopic (exact) mass is 203 g/mol. The zero-order chi connectivity index (χ0) is 10.8. The van der Waals surface area contributed by atoms with E-state index >= 15 is 0 Å². The van der Waals surface area contributed by atoms with Crippen molar-refractivity contribution in [3.8, 4) is 5.69 Å². The van der Waals surface area contributed by atoms with Crippen molar-refractivity contribution in [3.05, 3.63) is 42.0 Å². The van der Waals surface area contributed by atoms with Gasteiger partial charge in [0.2, 0.25) is 5.82 Å². The molecule has 0 aliphatic carbocycles. The van der Waals surface area contributed by atoms with Gasteiger partial charge in [-0.3, -0.25) is 4.57 Å². The first-order valence-corrected chi connectivity index (χ1v) is 4.39. The second-order valence-corrected chi connectivity index (χ2v) is 3.17. The van der Waals surface area contributed by atoms with E-state index in [-0.39, 0.29) is 5.82 Å². The van der Waals surface area contributed by atoms with Gasteiger partial charge in [-0.05, 0) is 24.6 Å². The SMILES string of the molecule is Cc1cccc(-n2cnnc2C(=O)O)c1. The normalized spacial score (nSPS) is 10.2. The van der Waals surface area contributed by atoms with Crippen molar-refractivity contribution in [1.29, 1.82) is 0 Å². The molecule has 0 aliphatic heterocycles. The Balaban J connectivity index is 2.54. The molecule has 0 radical (unpaired) electrons. The molecule has 0 fully saturated rings. The lowest BCUT2D eigenvalue weighted by atomic mass is 10.2. The van der Waals surface area contributed by atoms with Gasteiger partial charge in [-0.15, -0.1) is 10.2 Å². The number of rotatable bonds is 2. The molecule has 0 spiro atoms. The number of hydrogen-bond donors (Lipinski definition) is 1. The van der Waals surface area contributed by atoms with Crippen molar-refractivity contribution in [1.82, 2.24) is 14.8 Å². The molecule has 15 heavy (non-hydrogen) atoms. The largest absolute Gasteiger partial charge is 0.475 e. The van der Waals surface area contributed by atoms with E-state index in [0.29, 0.717) is 0 Å². The van der Waals surface area contributed by atoms with Crippen LogP contribution in [0.3, 0.4) is 0 Å². The Morgan fingerprint density at radius 3 is 2.93 bits per heavy atom. The van der Waals surface area contributed by atoms with Crippen LogP contribution < -0.4 is 0 Å². The maximum absolute atomic E-state index is 10.8. The highest BCUT2D eigenvalue weighted by molar-refractivity contribution is 5.84. The molecule has 5 nitrogen and oxygen atoms in total. The minimum atomic E-state index is -1.09. The van der Waals surface area contributed by atoms with E-state index in [1.165, 1.54) is 10.9 Å². The van der Waals surface area contributed by atoms with E-state index in [1.54, 1.807) is 0 Å². The van der Waals surface area contributed by atoms with Crippen LogP contribution in [0, 0.1) is 6.92 Å². The lowest BCUT2D eigenvalue weighted by molar-refractivity contribution is 0.0681. The highest BCUT2D eigenvalue weighted by Gasteiger charge is 2.12. The summed E-state index contributed by atoms with van der Waals surface area (Å²) in [5.41, 5.74) is 1.80. The summed E-state index contributed by atoms with van der Waals surface area (Å²) in [6, 6.07) is 7.48. The number of aromatic carboxylic acids is 1. The van der Waals surface area contributed by atoms with Crippen molar-refractivity contribution >= 4 is 5.97 Å². The number of benzene rings is 1. The van der Waals surface area contributed by atoms with E-state index in [9.17, 15) is 4.79 Å².